The normalized spacial score (nSPS) is 23.0. The molecule has 1 aliphatic heterocycles. The zero-order valence-corrected chi connectivity index (χ0v) is 8.89. The fourth-order valence-electron chi connectivity index (χ4n) is 1.83. The van der Waals surface area contributed by atoms with Crippen molar-refractivity contribution in [1.82, 2.24) is 4.90 Å². The minimum atomic E-state index is 0.622. The highest BCUT2D eigenvalue weighted by molar-refractivity contribution is 7.80. The zero-order valence-electron chi connectivity index (χ0n) is 7.99. The summed E-state index contributed by atoms with van der Waals surface area (Å²) in [5.74, 6) is 1.74. The highest BCUT2D eigenvalue weighted by Crippen LogP contribution is 2.22. The van der Waals surface area contributed by atoms with Gasteiger partial charge in [-0.1, -0.05) is 0 Å². The van der Waals surface area contributed by atoms with E-state index in [1.807, 2.05) is 0 Å². The molecule has 1 saturated heterocycles. The van der Waals surface area contributed by atoms with Crippen molar-refractivity contribution in [3.8, 4) is 0 Å². The quantitative estimate of drug-likeness (QED) is 0.671. The van der Waals surface area contributed by atoms with E-state index in [9.17, 15) is 0 Å². The van der Waals surface area contributed by atoms with Crippen LogP contribution in [-0.4, -0.2) is 44.0 Å². The molecule has 1 fully saturated rings. The summed E-state index contributed by atoms with van der Waals surface area (Å²) in [6.07, 6.45) is 2.40. The minimum absolute atomic E-state index is 0.622. The first kappa shape index (κ1) is 10.4. The number of nitrogens with zero attached hydrogens (tertiary/aromatic N) is 1. The lowest BCUT2D eigenvalue weighted by molar-refractivity contribution is 0.0418. The Morgan fingerprint density at radius 3 is 2.42 bits per heavy atom. The van der Waals surface area contributed by atoms with Gasteiger partial charge in [-0.3, -0.25) is 0 Å². The van der Waals surface area contributed by atoms with E-state index in [2.05, 4.69) is 31.6 Å². The summed E-state index contributed by atoms with van der Waals surface area (Å²) in [6, 6.07) is 0.622. The Balaban J connectivity index is 2.40. The van der Waals surface area contributed by atoms with Crippen molar-refractivity contribution in [2.45, 2.75) is 18.9 Å². The molecule has 1 aliphatic rings. The summed E-state index contributed by atoms with van der Waals surface area (Å²) in [5.41, 5.74) is 0. The van der Waals surface area contributed by atoms with Gasteiger partial charge in [0, 0.05) is 25.0 Å². The van der Waals surface area contributed by atoms with Crippen LogP contribution in [0.25, 0.3) is 0 Å². The van der Waals surface area contributed by atoms with Crippen LogP contribution in [0.3, 0.4) is 0 Å². The van der Waals surface area contributed by atoms with E-state index in [0.717, 1.165) is 24.9 Å². The second kappa shape index (κ2) is 5.10. The SMILES string of the molecule is CN(C)C(CS)C1CCOCC1. The molecule has 3 heteroatoms. The molecule has 0 spiro atoms. The van der Waals surface area contributed by atoms with Gasteiger partial charge in [-0.2, -0.15) is 12.6 Å². The van der Waals surface area contributed by atoms with E-state index in [0.29, 0.717) is 6.04 Å². The van der Waals surface area contributed by atoms with Gasteiger partial charge in [0.15, 0.2) is 0 Å². The Morgan fingerprint density at radius 1 is 1.42 bits per heavy atom. The third kappa shape index (κ3) is 2.64. The fraction of sp³-hybridized carbons (Fsp3) is 1.00. The Hall–Kier alpha value is 0.270. The second-order valence-electron chi connectivity index (χ2n) is 3.66. The van der Waals surface area contributed by atoms with Crippen LogP contribution in [0.1, 0.15) is 12.8 Å². The molecule has 1 rings (SSSR count). The molecule has 0 saturated carbocycles. The summed E-state index contributed by atoms with van der Waals surface area (Å²) in [4.78, 5) is 2.28. The summed E-state index contributed by atoms with van der Waals surface area (Å²) in [6.45, 7) is 1.87. The molecule has 0 aromatic carbocycles. The van der Waals surface area contributed by atoms with Gasteiger partial charge in [-0.15, -0.1) is 0 Å². The fourth-order valence-corrected chi connectivity index (χ4v) is 2.46. The molecule has 0 radical (unpaired) electrons. The number of rotatable bonds is 3. The molecule has 0 amide bonds. The van der Waals surface area contributed by atoms with E-state index >= 15 is 0 Å². The van der Waals surface area contributed by atoms with Gasteiger partial charge < -0.3 is 9.64 Å². The first-order valence-corrected chi connectivity index (χ1v) is 5.24. The maximum Gasteiger partial charge on any atom is 0.0469 e. The first-order chi connectivity index (χ1) is 5.75. The average Bonchev–Trinajstić information content (AvgIpc) is 2.07. The summed E-state index contributed by atoms with van der Waals surface area (Å²) < 4.78 is 5.33. The van der Waals surface area contributed by atoms with Gasteiger partial charge in [-0.25, -0.2) is 0 Å². The Morgan fingerprint density at radius 2 is 2.00 bits per heavy atom. The Bertz CT molecular complexity index is 124. The topological polar surface area (TPSA) is 12.5 Å². The van der Waals surface area contributed by atoms with Crippen molar-refractivity contribution in [3.63, 3.8) is 0 Å². The lowest BCUT2D eigenvalue weighted by Crippen LogP contribution is -2.39. The van der Waals surface area contributed by atoms with Gasteiger partial charge >= 0.3 is 0 Å². The van der Waals surface area contributed by atoms with E-state index in [1.54, 1.807) is 0 Å². The van der Waals surface area contributed by atoms with Crippen molar-refractivity contribution in [2.24, 2.45) is 5.92 Å². The van der Waals surface area contributed by atoms with Crippen LogP contribution in [0.5, 0.6) is 0 Å². The van der Waals surface area contributed by atoms with Crippen molar-refractivity contribution < 1.29 is 4.74 Å². The predicted octanol–water partition coefficient (Wildman–Crippen LogP) is 1.27. The Kier molecular flexibility index (Phi) is 4.40. The first-order valence-electron chi connectivity index (χ1n) is 4.60. The van der Waals surface area contributed by atoms with E-state index in [-0.39, 0.29) is 0 Å². The summed E-state index contributed by atoms with van der Waals surface area (Å²) in [7, 11) is 4.27. The third-order valence-electron chi connectivity index (χ3n) is 2.66. The largest absolute Gasteiger partial charge is 0.381 e. The maximum atomic E-state index is 5.33. The van der Waals surface area contributed by atoms with Gasteiger partial charge in [0.2, 0.25) is 0 Å². The van der Waals surface area contributed by atoms with Crippen LogP contribution in [-0.2, 0) is 4.74 Å². The van der Waals surface area contributed by atoms with Gasteiger partial charge in [0.05, 0.1) is 0 Å². The molecule has 12 heavy (non-hydrogen) atoms. The molecule has 0 N–H and O–H groups in total. The standard InChI is InChI=1S/C9H19NOS/c1-10(2)9(7-12)8-3-5-11-6-4-8/h8-9,12H,3-7H2,1-2H3. The van der Waals surface area contributed by atoms with Crippen LogP contribution in [0.2, 0.25) is 0 Å². The molecular weight excluding hydrogens is 170 g/mol. The second-order valence-corrected chi connectivity index (χ2v) is 4.03. The molecule has 1 unspecified atom stereocenters. The molecule has 72 valence electrons. The molecule has 0 bridgehead atoms. The van der Waals surface area contributed by atoms with Crippen LogP contribution >= 0.6 is 12.6 Å². The number of thiol groups is 1. The van der Waals surface area contributed by atoms with Crippen LogP contribution in [0.4, 0.5) is 0 Å². The van der Waals surface area contributed by atoms with E-state index in [1.165, 1.54) is 12.8 Å². The Labute approximate surface area is 80.7 Å². The van der Waals surface area contributed by atoms with Crippen LogP contribution in [0, 0.1) is 5.92 Å². The molecule has 0 aromatic rings. The predicted molar refractivity (Wildman–Crippen MR) is 54.9 cm³/mol. The average molecular weight is 189 g/mol. The van der Waals surface area contributed by atoms with Crippen LogP contribution in [0.15, 0.2) is 0 Å². The van der Waals surface area contributed by atoms with Crippen LogP contribution < -0.4 is 0 Å². The molecule has 1 atom stereocenters. The minimum Gasteiger partial charge on any atom is -0.381 e. The van der Waals surface area contributed by atoms with Crippen molar-refractivity contribution >= 4 is 12.6 Å². The van der Waals surface area contributed by atoms with Gasteiger partial charge in [-0.05, 0) is 32.9 Å². The lowest BCUT2D eigenvalue weighted by atomic mass is 9.92. The van der Waals surface area contributed by atoms with E-state index < -0.39 is 0 Å². The monoisotopic (exact) mass is 189 g/mol. The van der Waals surface area contributed by atoms with Crippen molar-refractivity contribution in [2.75, 3.05) is 33.1 Å². The smallest absolute Gasteiger partial charge is 0.0469 e. The molecule has 0 aromatic heterocycles. The summed E-state index contributed by atoms with van der Waals surface area (Å²) in [5, 5.41) is 0. The summed E-state index contributed by atoms with van der Waals surface area (Å²) >= 11 is 4.38. The number of hydrogen-bond acceptors (Lipinski definition) is 3. The van der Waals surface area contributed by atoms with Crippen molar-refractivity contribution in [1.29, 1.82) is 0 Å². The number of hydrogen-bond donors (Lipinski definition) is 1. The molecular formula is C9H19NOS. The zero-order chi connectivity index (χ0) is 8.97. The maximum absolute atomic E-state index is 5.33. The molecule has 0 aliphatic carbocycles. The lowest BCUT2D eigenvalue weighted by Gasteiger charge is -2.33. The number of ether oxygens (including phenoxy) is 1. The molecule has 1 heterocycles. The van der Waals surface area contributed by atoms with Crippen molar-refractivity contribution in [3.05, 3.63) is 0 Å². The third-order valence-corrected chi connectivity index (χ3v) is 3.03. The molecule has 2 nitrogen and oxygen atoms in total. The van der Waals surface area contributed by atoms with Gasteiger partial charge in [0.1, 0.15) is 0 Å². The van der Waals surface area contributed by atoms with Gasteiger partial charge in [0.25, 0.3) is 0 Å². The highest BCUT2D eigenvalue weighted by Gasteiger charge is 2.24. The van der Waals surface area contributed by atoms with E-state index in [4.69, 9.17) is 4.74 Å². The highest BCUT2D eigenvalue weighted by atomic mass is 32.1.